The minimum absolute atomic E-state index is 0.510. The van der Waals surface area contributed by atoms with Gasteiger partial charge in [-0.05, 0) is 30.8 Å². The first kappa shape index (κ1) is 14.9. The van der Waals surface area contributed by atoms with Crippen LogP contribution in [0, 0.1) is 0 Å². The summed E-state index contributed by atoms with van der Waals surface area (Å²) >= 11 is 3.47. The normalized spacial score (nSPS) is 10.3. The van der Waals surface area contributed by atoms with Crippen molar-refractivity contribution in [1.29, 1.82) is 0 Å². The van der Waals surface area contributed by atoms with Crippen molar-refractivity contribution in [2.24, 2.45) is 0 Å². The number of methoxy groups -OCH3 is 1. The largest absolute Gasteiger partial charge is 0.493 e. The number of nitrogens with one attached hydrogen (secondary N) is 1. The van der Waals surface area contributed by atoms with Crippen LogP contribution >= 0.6 is 15.9 Å². The SMILES string of the molecule is CNCc1cccc(OC)c1OCc1cccc(Br)c1. The summed E-state index contributed by atoms with van der Waals surface area (Å²) in [6.45, 7) is 1.25. The van der Waals surface area contributed by atoms with Crippen molar-refractivity contribution in [1.82, 2.24) is 5.32 Å². The predicted octanol–water partition coefficient (Wildman–Crippen LogP) is 3.76. The number of rotatable bonds is 6. The van der Waals surface area contributed by atoms with Gasteiger partial charge < -0.3 is 14.8 Å². The standard InChI is InChI=1S/C16H18BrNO2/c1-18-10-13-6-4-8-15(19-2)16(13)20-11-12-5-3-7-14(17)9-12/h3-9,18H,10-11H2,1-2H3. The van der Waals surface area contributed by atoms with Crippen LogP contribution in [-0.2, 0) is 13.2 Å². The van der Waals surface area contributed by atoms with Crippen LogP contribution in [0.5, 0.6) is 11.5 Å². The Bertz CT molecular complexity index is 572. The number of hydrogen-bond acceptors (Lipinski definition) is 3. The van der Waals surface area contributed by atoms with E-state index in [0.29, 0.717) is 6.61 Å². The topological polar surface area (TPSA) is 30.5 Å². The zero-order chi connectivity index (χ0) is 14.4. The van der Waals surface area contributed by atoms with Crippen molar-refractivity contribution in [3.8, 4) is 11.5 Å². The van der Waals surface area contributed by atoms with E-state index in [1.165, 1.54) is 0 Å². The first-order valence-corrected chi connectivity index (χ1v) is 7.21. The highest BCUT2D eigenvalue weighted by atomic mass is 79.9. The van der Waals surface area contributed by atoms with Gasteiger partial charge in [-0.2, -0.15) is 0 Å². The van der Waals surface area contributed by atoms with Gasteiger partial charge in [0.05, 0.1) is 7.11 Å². The summed E-state index contributed by atoms with van der Waals surface area (Å²) in [4.78, 5) is 0. The molecule has 0 saturated heterocycles. The van der Waals surface area contributed by atoms with Crippen LogP contribution in [0.25, 0.3) is 0 Å². The molecule has 0 atom stereocenters. The first-order valence-electron chi connectivity index (χ1n) is 6.42. The molecule has 106 valence electrons. The number of benzene rings is 2. The molecule has 0 aliphatic rings. The van der Waals surface area contributed by atoms with Crippen LogP contribution in [-0.4, -0.2) is 14.2 Å². The minimum atomic E-state index is 0.510. The quantitative estimate of drug-likeness (QED) is 0.871. The lowest BCUT2D eigenvalue weighted by Gasteiger charge is -2.15. The fourth-order valence-corrected chi connectivity index (χ4v) is 2.44. The van der Waals surface area contributed by atoms with Crippen molar-refractivity contribution in [3.63, 3.8) is 0 Å². The van der Waals surface area contributed by atoms with Gasteiger partial charge in [0, 0.05) is 16.6 Å². The monoisotopic (exact) mass is 335 g/mol. The molecule has 0 radical (unpaired) electrons. The van der Waals surface area contributed by atoms with Crippen LogP contribution in [0.1, 0.15) is 11.1 Å². The molecule has 0 amide bonds. The maximum atomic E-state index is 5.97. The van der Waals surface area contributed by atoms with Crippen LogP contribution in [0.4, 0.5) is 0 Å². The van der Waals surface area contributed by atoms with Gasteiger partial charge in [0.1, 0.15) is 6.61 Å². The Morgan fingerprint density at radius 1 is 1.15 bits per heavy atom. The lowest BCUT2D eigenvalue weighted by atomic mass is 10.2. The second-order valence-corrected chi connectivity index (χ2v) is 5.31. The molecule has 2 aromatic rings. The van der Waals surface area contributed by atoms with E-state index in [1.54, 1.807) is 7.11 Å². The van der Waals surface area contributed by atoms with Gasteiger partial charge in [-0.25, -0.2) is 0 Å². The van der Waals surface area contributed by atoms with E-state index in [0.717, 1.165) is 33.6 Å². The Labute approximate surface area is 128 Å². The highest BCUT2D eigenvalue weighted by Gasteiger charge is 2.10. The highest BCUT2D eigenvalue weighted by Crippen LogP contribution is 2.31. The van der Waals surface area contributed by atoms with Crippen molar-refractivity contribution >= 4 is 15.9 Å². The lowest BCUT2D eigenvalue weighted by Crippen LogP contribution is -2.08. The third-order valence-corrected chi connectivity index (χ3v) is 3.41. The first-order chi connectivity index (χ1) is 9.74. The zero-order valence-corrected chi connectivity index (χ0v) is 13.2. The van der Waals surface area contributed by atoms with E-state index >= 15 is 0 Å². The van der Waals surface area contributed by atoms with Gasteiger partial charge in [0.2, 0.25) is 0 Å². The molecule has 0 heterocycles. The fourth-order valence-electron chi connectivity index (χ4n) is 2.00. The molecule has 1 N–H and O–H groups in total. The van der Waals surface area contributed by atoms with Gasteiger partial charge in [-0.3, -0.25) is 0 Å². The summed E-state index contributed by atoms with van der Waals surface area (Å²) in [6, 6.07) is 14.0. The smallest absolute Gasteiger partial charge is 0.166 e. The van der Waals surface area contributed by atoms with E-state index < -0.39 is 0 Å². The molecular formula is C16H18BrNO2. The maximum absolute atomic E-state index is 5.97. The van der Waals surface area contributed by atoms with E-state index in [1.807, 2.05) is 49.5 Å². The number of hydrogen-bond donors (Lipinski definition) is 1. The minimum Gasteiger partial charge on any atom is -0.493 e. The molecular weight excluding hydrogens is 318 g/mol. The van der Waals surface area contributed by atoms with Crippen LogP contribution < -0.4 is 14.8 Å². The molecule has 0 bridgehead atoms. The molecule has 4 heteroatoms. The van der Waals surface area contributed by atoms with E-state index in [9.17, 15) is 0 Å². The third-order valence-electron chi connectivity index (χ3n) is 2.92. The highest BCUT2D eigenvalue weighted by molar-refractivity contribution is 9.10. The van der Waals surface area contributed by atoms with Crippen molar-refractivity contribution in [3.05, 3.63) is 58.1 Å². The van der Waals surface area contributed by atoms with Crippen LogP contribution in [0.3, 0.4) is 0 Å². The molecule has 2 rings (SSSR count). The second-order valence-electron chi connectivity index (χ2n) is 4.40. The Hall–Kier alpha value is -1.52. The zero-order valence-electron chi connectivity index (χ0n) is 11.7. The molecule has 3 nitrogen and oxygen atoms in total. The summed E-state index contributed by atoms with van der Waals surface area (Å²) in [5, 5.41) is 3.14. The van der Waals surface area contributed by atoms with E-state index in [4.69, 9.17) is 9.47 Å². The second kappa shape index (κ2) is 7.31. The van der Waals surface area contributed by atoms with Crippen LogP contribution in [0.2, 0.25) is 0 Å². The lowest BCUT2D eigenvalue weighted by molar-refractivity contribution is 0.281. The average molecular weight is 336 g/mol. The number of para-hydroxylation sites is 1. The van der Waals surface area contributed by atoms with Gasteiger partial charge in [0.15, 0.2) is 11.5 Å². The van der Waals surface area contributed by atoms with Crippen LogP contribution in [0.15, 0.2) is 46.9 Å². The van der Waals surface area contributed by atoms with E-state index in [-0.39, 0.29) is 0 Å². The predicted molar refractivity (Wildman–Crippen MR) is 84.2 cm³/mol. The summed E-state index contributed by atoms with van der Waals surface area (Å²) in [5.74, 6) is 1.55. The summed E-state index contributed by atoms with van der Waals surface area (Å²) in [7, 11) is 3.57. The molecule has 0 aliphatic heterocycles. The Kier molecular flexibility index (Phi) is 5.44. The molecule has 0 unspecified atom stereocenters. The molecule has 20 heavy (non-hydrogen) atoms. The average Bonchev–Trinajstić information content (AvgIpc) is 2.46. The molecule has 2 aromatic carbocycles. The van der Waals surface area contributed by atoms with Gasteiger partial charge in [-0.1, -0.05) is 40.2 Å². The van der Waals surface area contributed by atoms with Crippen molar-refractivity contribution in [2.45, 2.75) is 13.2 Å². The summed E-state index contributed by atoms with van der Waals surface area (Å²) < 4.78 is 12.4. The van der Waals surface area contributed by atoms with Gasteiger partial charge in [-0.15, -0.1) is 0 Å². The maximum Gasteiger partial charge on any atom is 0.166 e. The Morgan fingerprint density at radius 2 is 1.95 bits per heavy atom. The van der Waals surface area contributed by atoms with Crippen molar-refractivity contribution < 1.29 is 9.47 Å². The number of halogens is 1. The molecule has 0 aliphatic carbocycles. The van der Waals surface area contributed by atoms with E-state index in [2.05, 4.69) is 21.2 Å². The summed E-state index contributed by atoms with van der Waals surface area (Å²) in [5.41, 5.74) is 2.20. The van der Waals surface area contributed by atoms with Crippen molar-refractivity contribution in [2.75, 3.05) is 14.2 Å². The molecule has 0 fully saturated rings. The summed E-state index contributed by atoms with van der Waals surface area (Å²) in [6.07, 6.45) is 0. The number of ether oxygens (including phenoxy) is 2. The fraction of sp³-hybridized carbons (Fsp3) is 0.250. The molecule has 0 saturated carbocycles. The molecule has 0 aromatic heterocycles. The Morgan fingerprint density at radius 3 is 2.65 bits per heavy atom. The Balaban J connectivity index is 2.19. The van der Waals surface area contributed by atoms with Gasteiger partial charge >= 0.3 is 0 Å². The third kappa shape index (κ3) is 3.74. The molecule has 0 spiro atoms. The van der Waals surface area contributed by atoms with Gasteiger partial charge in [0.25, 0.3) is 0 Å².